The van der Waals surface area contributed by atoms with Gasteiger partial charge in [-0.2, -0.15) is 0 Å². The number of halogens is 1. The van der Waals surface area contributed by atoms with E-state index in [2.05, 4.69) is 34.5 Å². The molecule has 1 N–H and O–H groups in total. The monoisotopic (exact) mass is 314 g/mol. The Labute approximate surface area is 137 Å². The first-order valence-corrected chi connectivity index (χ1v) is 8.14. The fraction of sp³-hybridized carbons (Fsp3) is 0.368. The van der Waals surface area contributed by atoms with Crippen LogP contribution in [0.5, 0.6) is 0 Å². The van der Waals surface area contributed by atoms with Gasteiger partial charge in [-0.15, -0.1) is 0 Å². The van der Waals surface area contributed by atoms with Gasteiger partial charge in [0, 0.05) is 32.2 Å². The fourth-order valence-corrected chi connectivity index (χ4v) is 2.90. The molecule has 2 aromatic rings. The average Bonchev–Trinajstić information content (AvgIpc) is 2.60. The Morgan fingerprint density at radius 3 is 2.57 bits per heavy atom. The summed E-state index contributed by atoms with van der Waals surface area (Å²) in [7, 11) is 0. The second kappa shape index (κ2) is 8.20. The highest BCUT2D eigenvalue weighted by atomic mass is 19.1. The van der Waals surface area contributed by atoms with Crippen molar-refractivity contribution >= 4 is 0 Å². The van der Waals surface area contributed by atoms with Gasteiger partial charge in [-0.3, -0.25) is 4.90 Å². The summed E-state index contributed by atoms with van der Waals surface area (Å²) in [6.07, 6.45) is 0. The van der Waals surface area contributed by atoms with Crippen molar-refractivity contribution in [3.8, 4) is 0 Å². The standard InChI is InChI=1S/C19H23FN2O/c20-18-8-4-5-16(13-18)14-21-19(17-6-2-1-3-7-17)15-22-9-11-23-12-10-22/h1-8,13,19,21H,9-12,14-15H2. The number of nitrogens with one attached hydrogen (secondary N) is 1. The van der Waals surface area contributed by atoms with Crippen LogP contribution in [0, 0.1) is 5.82 Å². The van der Waals surface area contributed by atoms with E-state index in [4.69, 9.17) is 4.74 Å². The van der Waals surface area contributed by atoms with E-state index in [0.29, 0.717) is 6.54 Å². The summed E-state index contributed by atoms with van der Waals surface area (Å²) in [6.45, 7) is 5.11. The fourth-order valence-electron chi connectivity index (χ4n) is 2.90. The number of morpholine rings is 1. The van der Waals surface area contributed by atoms with E-state index in [-0.39, 0.29) is 11.9 Å². The minimum atomic E-state index is -0.186. The first-order valence-electron chi connectivity index (χ1n) is 8.14. The minimum absolute atomic E-state index is 0.186. The zero-order valence-electron chi connectivity index (χ0n) is 13.2. The third kappa shape index (κ3) is 4.86. The Bertz CT molecular complexity index is 599. The summed E-state index contributed by atoms with van der Waals surface area (Å²) in [5, 5.41) is 3.58. The quantitative estimate of drug-likeness (QED) is 0.887. The molecule has 1 unspecified atom stereocenters. The molecule has 0 amide bonds. The Morgan fingerprint density at radius 1 is 1.04 bits per heavy atom. The van der Waals surface area contributed by atoms with Crippen LogP contribution in [-0.4, -0.2) is 37.7 Å². The molecule has 1 saturated heterocycles. The number of rotatable bonds is 6. The molecule has 2 aromatic carbocycles. The first-order chi connectivity index (χ1) is 11.3. The number of benzene rings is 2. The van der Waals surface area contributed by atoms with Gasteiger partial charge in [-0.05, 0) is 23.3 Å². The van der Waals surface area contributed by atoms with E-state index in [0.717, 1.165) is 38.4 Å². The lowest BCUT2D eigenvalue weighted by Crippen LogP contribution is -2.41. The average molecular weight is 314 g/mol. The summed E-state index contributed by atoms with van der Waals surface area (Å²) in [5.41, 5.74) is 2.23. The number of hydrogen-bond donors (Lipinski definition) is 1. The lowest BCUT2D eigenvalue weighted by molar-refractivity contribution is 0.0333. The highest BCUT2D eigenvalue weighted by Crippen LogP contribution is 2.16. The van der Waals surface area contributed by atoms with Crippen LogP contribution in [0.4, 0.5) is 4.39 Å². The van der Waals surface area contributed by atoms with E-state index in [1.54, 1.807) is 12.1 Å². The molecule has 0 spiro atoms. The summed E-state index contributed by atoms with van der Waals surface area (Å²) >= 11 is 0. The van der Waals surface area contributed by atoms with Crippen molar-refractivity contribution in [2.75, 3.05) is 32.8 Å². The smallest absolute Gasteiger partial charge is 0.123 e. The van der Waals surface area contributed by atoms with Crippen LogP contribution in [0.1, 0.15) is 17.2 Å². The molecule has 0 bridgehead atoms. The van der Waals surface area contributed by atoms with Gasteiger partial charge in [-0.1, -0.05) is 42.5 Å². The van der Waals surface area contributed by atoms with Crippen molar-refractivity contribution in [1.82, 2.24) is 10.2 Å². The molecule has 1 aliphatic heterocycles. The van der Waals surface area contributed by atoms with E-state index in [1.165, 1.54) is 11.6 Å². The normalized spacial score (nSPS) is 17.1. The Morgan fingerprint density at radius 2 is 1.83 bits per heavy atom. The van der Waals surface area contributed by atoms with Crippen molar-refractivity contribution in [2.24, 2.45) is 0 Å². The van der Waals surface area contributed by atoms with Crippen molar-refractivity contribution in [2.45, 2.75) is 12.6 Å². The van der Waals surface area contributed by atoms with Gasteiger partial charge >= 0.3 is 0 Å². The Hall–Kier alpha value is -1.75. The SMILES string of the molecule is Fc1cccc(CNC(CN2CCOCC2)c2ccccc2)c1. The predicted molar refractivity (Wildman–Crippen MR) is 89.7 cm³/mol. The predicted octanol–water partition coefficient (Wildman–Crippen LogP) is 2.99. The molecule has 3 nitrogen and oxygen atoms in total. The van der Waals surface area contributed by atoms with Crippen molar-refractivity contribution in [3.05, 3.63) is 71.5 Å². The highest BCUT2D eigenvalue weighted by molar-refractivity contribution is 5.21. The van der Waals surface area contributed by atoms with E-state index in [9.17, 15) is 4.39 Å². The van der Waals surface area contributed by atoms with Gasteiger partial charge in [0.15, 0.2) is 0 Å². The van der Waals surface area contributed by atoms with Crippen LogP contribution in [-0.2, 0) is 11.3 Å². The molecule has 4 heteroatoms. The molecule has 0 aliphatic carbocycles. The van der Waals surface area contributed by atoms with Crippen LogP contribution in [0.25, 0.3) is 0 Å². The molecule has 0 aromatic heterocycles. The zero-order chi connectivity index (χ0) is 15.9. The third-order valence-electron chi connectivity index (χ3n) is 4.19. The maximum atomic E-state index is 13.3. The molecule has 23 heavy (non-hydrogen) atoms. The van der Waals surface area contributed by atoms with Crippen molar-refractivity contribution in [3.63, 3.8) is 0 Å². The molecule has 3 rings (SSSR count). The van der Waals surface area contributed by atoms with E-state index < -0.39 is 0 Å². The van der Waals surface area contributed by atoms with Crippen LogP contribution in [0.2, 0.25) is 0 Å². The second-order valence-electron chi connectivity index (χ2n) is 5.89. The maximum absolute atomic E-state index is 13.3. The van der Waals surface area contributed by atoms with Crippen LogP contribution in [0.15, 0.2) is 54.6 Å². The molecule has 0 saturated carbocycles. The minimum Gasteiger partial charge on any atom is -0.379 e. The molecule has 1 atom stereocenters. The van der Waals surface area contributed by atoms with Gasteiger partial charge in [0.1, 0.15) is 5.82 Å². The largest absolute Gasteiger partial charge is 0.379 e. The molecule has 0 radical (unpaired) electrons. The van der Waals surface area contributed by atoms with Crippen molar-refractivity contribution in [1.29, 1.82) is 0 Å². The van der Waals surface area contributed by atoms with Crippen LogP contribution >= 0.6 is 0 Å². The van der Waals surface area contributed by atoms with Gasteiger partial charge in [0.2, 0.25) is 0 Å². The van der Waals surface area contributed by atoms with E-state index in [1.807, 2.05) is 12.1 Å². The lowest BCUT2D eigenvalue weighted by Gasteiger charge is -2.31. The first kappa shape index (κ1) is 16.1. The van der Waals surface area contributed by atoms with Crippen LogP contribution < -0.4 is 5.32 Å². The topological polar surface area (TPSA) is 24.5 Å². The summed E-state index contributed by atoms with van der Waals surface area (Å²) in [4.78, 5) is 2.42. The van der Waals surface area contributed by atoms with Gasteiger partial charge < -0.3 is 10.1 Å². The Kier molecular flexibility index (Phi) is 5.75. The molecule has 1 aliphatic rings. The van der Waals surface area contributed by atoms with Gasteiger partial charge in [0.25, 0.3) is 0 Å². The van der Waals surface area contributed by atoms with Crippen LogP contribution in [0.3, 0.4) is 0 Å². The van der Waals surface area contributed by atoms with Gasteiger partial charge in [-0.25, -0.2) is 4.39 Å². The number of nitrogens with zero attached hydrogens (tertiary/aromatic N) is 1. The number of hydrogen-bond acceptors (Lipinski definition) is 3. The lowest BCUT2D eigenvalue weighted by atomic mass is 10.1. The molecular weight excluding hydrogens is 291 g/mol. The van der Waals surface area contributed by atoms with E-state index >= 15 is 0 Å². The van der Waals surface area contributed by atoms with Crippen molar-refractivity contribution < 1.29 is 9.13 Å². The maximum Gasteiger partial charge on any atom is 0.123 e. The third-order valence-corrected chi connectivity index (χ3v) is 4.19. The Balaban J connectivity index is 1.67. The summed E-state index contributed by atoms with van der Waals surface area (Å²) in [6, 6.07) is 17.4. The number of ether oxygens (including phenoxy) is 1. The molecule has 1 fully saturated rings. The molecular formula is C19H23FN2O. The summed E-state index contributed by atoms with van der Waals surface area (Å²) in [5.74, 6) is -0.186. The zero-order valence-corrected chi connectivity index (χ0v) is 13.2. The molecule has 1 heterocycles. The van der Waals surface area contributed by atoms with Gasteiger partial charge in [0.05, 0.1) is 13.2 Å². The summed E-state index contributed by atoms with van der Waals surface area (Å²) < 4.78 is 18.8. The molecule has 122 valence electrons. The highest BCUT2D eigenvalue weighted by Gasteiger charge is 2.17. The second-order valence-corrected chi connectivity index (χ2v) is 5.89.